The second-order valence-corrected chi connectivity index (χ2v) is 3.84. The smallest absolute Gasteiger partial charge is 0.234 e. The molecule has 1 aliphatic carbocycles. The molecular weight excluding hydrogens is 190 g/mol. The SMILES string of the molecule is CCCNc1cncc(OC2CCC2)n1. The van der Waals surface area contributed by atoms with Crippen LogP contribution >= 0.6 is 0 Å². The molecular formula is C11H17N3O. The fraction of sp³-hybridized carbons (Fsp3) is 0.636. The summed E-state index contributed by atoms with van der Waals surface area (Å²) in [6, 6.07) is 0. The van der Waals surface area contributed by atoms with Crippen LogP contribution in [0.5, 0.6) is 5.88 Å². The van der Waals surface area contributed by atoms with E-state index in [-0.39, 0.29) is 0 Å². The normalized spacial score (nSPS) is 15.8. The van der Waals surface area contributed by atoms with Crippen molar-refractivity contribution in [3.63, 3.8) is 0 Å². The molecule has 4 heteroatoms. The van der Waals surface area contributed by atoms with Crippen molar-refractivity contribution in [2.75, 3.05) is 11.9 Å². The van der Waals surface area contributed by atoms with Gasteiger partial charge < -0.3 is 10.1 Å². The molecule has 82 valence electrons. The first-order chi connectivity index (χ1) is 7.38. The Kier molecular flexibility index (Phi) is 3.37. The monoisotopic (exact) mass is 207 g/mol. The second-order valence-electron chi connectivity index (χ2n) is 3.84. The average Bonchev–Trinajstić information content (AvgIpc) is 2.21. The van der Waals surface area contributed by atoms with E-state index in [2.05, 4.69) is 22.2 Å². The molecule has 0 radical (unpaired) electrons. The van der Waals surface area contributed by atoms with Crippen molar-refractivity contribution in [2.45, 2.75) is 38.7 Å². The van der Waals surface area contributed by atoms with Crippen LogP contribution in [0.2, 0.25) is 0 Å². The average molecular weight is 207 g/mol. The zero-order chi connectivity index (χ0) is 10.5. The number of nitrogens with one attached hydrogen (secondary N) is 1. The number of ether oxygens (including phenoxy) is 1. The van der Waals surface area contributed by atoms with Gasteiger partial charge in [0.15, 0.2) is 0 Å². The number of rotatable bonds is 5. The summed E-state index contributed by atoms with van der Waals surface area (Å²) in [6.45, 7) is 3.04. The summed E-state index contributed by atoms with van der Waals surface area (Å²) in [5.41, 5.74) is 0. The van der Waals surface area contributed by atoms with Gasteiger partial charge in [0.05, 0.1) is 12.4 Å². The maximum atomic E-state index is 5.66. The molecule has 0 spiro atoms. The molecule has 1 N–H and O–H groups in total. The lowest BCUT2D eigenvalue weighted by atomic mass is 9.96. The maximum Gasteiger partial charge on any atom is 0.234 e. The van der Waals surface area contributed by atoms with Crippen LogP contribution in [0.3, 0.4) is 0 Å². The zero-order valence-corrected chi connectivity index (χ0v) is 9.07. The van der Waals surface area contributed by atoms with Gasteiger partial charge in [0.1, 0.15) is 11.9 Å². The first-order valence-electron chi connectivity index (χ1n) is 5.61. The molecule has 0 saturated heterocycles. The third-order valence-corrected chi connectivity index (χ3v) is 2.51. The van der Waals surface area contributed by atoms with E-state index in [4.69, 9.17) is 4.74 Å². The Morgan fingerprint density at radius 3 is 3.00 bits per heavy atom. The topological polar surface area (TPSA) is 47.0 Å². The molecule has 15 heavy (non-hydrogen) atoms. The van der Waals surface area contributed by atoms with Crippen molar-refractivity contribution < 1.29 is 4.74 Å². The summed E-state index contributed by atoms with van der Waals surface area (Å²) < 4.78 is 5.66. The first-order valence-corrected chi connectivity index (χ1v) is 5.61. The second kappa shape index (κ2) is 4.96. The quantitative estimate of drug-likeness (QED) is 0.804. The highest BCUT2D eigenvalue weighted by Crippen LogP contribution is 2.23. The van der Waals surface area contributed by atoms with E-state index in [0.29, 0.717) is 12.0 Å². The molecule has 1 aromatic heterocycles. The summed E-state index contributed by atoms with van der Waals surface area (Å²) in [7, 11) is 0. The summed E-state index contributed by atoms with van der Waals surface area (Å²) >= 11 is 0. The highest BCUT2D eigenvalue weighted by atomic mass is 16.5. The predicted molar refractivity (Wildman–Crippen MR) is 59.1 cm³/mol. The third-order valence-electron chi connectivity index (χ3n) is 2.51. The van der Waals surface area contributed by atoms with Gasteiger partial charge in [-0.15, -0.1) is 0 Å². The van der Waals surface area contributed by atoms with E-state index in [9.17, 15) is 0 Å². The van der Waals surface area contributed by atoms with Gasteiger partial charge in [-0.25, -0.2) is 0 Å². The van der Waals surface area contributed by atoms with E-state index >= 15 is 0 Å². The number of nitrogens with zero attached hydrogens (tertiary/aromatic N) is 2. The molecule has 1 aliphatic rings. The summed E-state index contributed by atoms with van der Waals surface area (Å²) in [5.74, 6) is 1.44. The van der Waals surface area contributed by atoms with E-state index in [1.807, 2.05) is 0 Å². The minimum absolute atomic E-state index is 0.362. The van der Waals surface area contributed by atoms with Crippen molar-refractivity contribution in [3.05, 3.63) is 12.4 Å². The zero-order valence-electron chi connectivity index (χ0n) is 9.07. The van der Waals surface area contributed by atoms with Crippen LogP contribution in [0.15, 0.2) is 12.4 Å². The Balaban J connectivity index is 1.92. The van der Waals surface area contributed by atoms with Gasteiger partial charge in [-0.3, -0.25) is 4.98 Å². The van der Waals surface area contributed by atoms with E-state index in [0.717, 1.165) is 31.6 Å². The molecule has 2 rings (SSSR count). The van der Waals surface area contributed by atoms with Crippen molar-refractivity contribution in [1.29, 1.82) is 0 Å². The summed E-state index contributed by atoms with van der Waals surface area (Å²) in [5, 5.41) is 3.19. The van der Waals surface area contributed by atoms with Crippen LogP contribution in [-0.4, -0.2) is 22.6 Å². The Bertz CT molecular complexity index is 312. The van der Waals surface area contributed by atoms with Crippen LogP contribution in [0, 0.1) is 0 Å². The summed E-state index contributed by atoms with van der Waals surface area (Å²) in [6.07, 6.45) is 8.41. The van der Waals surface area contributed by atoms with E-state index in [1.165, 1.54) is 6.42 Å². The number of hydrogen-bond acceptors (Lipinski definition) is 4. The largest absolute Gasteiger partial charge is 0.473 e. The molecule has 0 aliphatic heterocycles. The summed E-state index contributed by atoms with van der Waals surface area (Å²) in [4.78, 5) is 8.44. The van der Waals surface area contributed by atoms with Crippen molar-refractivity contribution in [1.82, 2.24) is 9.97 Å². The minimum Gasteiger partial charge on any atom is -0.473 e. The van der Waals surface area contributed by atoms with Crippen molar-refractivity contribution in [2.24, 2.45) is 0 Å². The fourth-order valence-corrected chi connectivity index (χ4v) is 1.40. The van der Waals surface area contributed by atoms with Gasteiger partial charge in [-0.05, 0) is 25.7 Å². The Morgan fingerprint density at radius 1 is 1.47 bits per heavy atom. The highest BCUT2D eigenvalue weighted by molar-refractivity contribution is 5.33. The molecule has 1 heterocycles. The minimum atomic E-state index is 0.362. The third kappa shape index (κ3) is 2.81. The van der Waals surface area contributed by atoms with Crippen LogP contribution in [0.4, 0.5) is 5.82 Å². The molecule has 0 atom stereocenters. The lowest BCUT2D eigenvalue weighted by Crippen LogP contribution is -2.25. The predicted octanol–water partition coefficient (Wildman–Crippen LogP) is 2.23. The van der Waals surface area contributed by atoms with Gasteiger partial charge >= 0.3 is 0 Å². The molecule has 1 fully saturated rings. The number of hydrogen-bond donors (Lipinski definition) is 1. The number of anilines is 1. The number of aromatic nitrogens is 2. The molecule has 0 aromatic carbocycles. The van der Waals surface area contributed by atoms with Gasteiger partial charge in [0.2, 0.25) is 5.88 Å². The molecule has 0 amide bonds. The Labute approximate surface area is 90.1 Å². The van der Waals surface area contributed by atoms with Crippen LogP contribution < -0.4 is 10.1 Å². The van der Waals surface area contributed by atoms with Crippen molar-refractivity contribution >= 4 is 5.82 Å². The standard InChI is InChI=1S/C11H17N3O/c1-2-6-13-10-7-12-8-11(14-10)15-9-4-3-5-9/h7-9H,2-6H2,1H3,(H,13,14). The van der Waals surface area contributed by atoms with Gasteiger partial charge in [0, 0.05) is 6.54 Å². The lowest BCUT2D eigenvalue weighted by molar-refractivity contribution is 0.114. The Hall–Kier alpha value is -1.32. The fourth-order valence-electron chi connectivity index (χ4n) is 1.40. The van der Waals surface area contributed by atoms with Crippen LogP contribution in [-0.2, 0) is 0 Å². The Morgan fingerprint density at radius 2 is 2.33 bits per heavy atom. The highest BCUT2D eigenvalue weighted by Gasteiger charge is 2.19. The lowest BCUT2D eigenvalue weighted by Gasteiger charge is -2.25. The van der Waals surface area contributed by atoms with Gasteiger partial charge in [0.25, 0.3) is 0 Å². The van der Waals surface area contributed by atoms with E-state index in [1.54, 1.807) is 12.4 Å². The van der Waals surface area contributed by atoms with Crippen molar-refractivity contribution in [3.8, 4) is 5.88 Å². The molecule has 1 aromatic rings. The first kappa shape index (κ1) is 10.2. The molecule has 0 unspecified atom stereocenters. The van der Waals surface area contributed by atoms with Crippen LogP contribution in [0.1, 0.15) is 32.6 Å². The molecule has 1 saturated carbocycles. The molecule has 4 nitrogen and oxygen atoms in total. The van der Waals surface area contributed by atoms with E-state index < -0.39 is 0 Å². The van der Waals surface area contributed by atoms with Gasteiger partial charge in [-0.1, -0.05) is 6.92 Å². The van der Waals surface area contributed by atoms with Gasteiger partial charge in [-0.2, -0.15) is 4.98 Å². The molecule has 0 bridgehead atoms. The van der Waals surface area contributed by atoms with Crippen LogP contribution in [0.25, 0.3) is 0 Å². The maximum absolute atomic E-state index is 5.66.